The summed E-state index contributed by atoms with van der Waals surface area (Å²) in [5, 5.41) is 2.77. The molecule has 0 fully saturated rings. The van der Waals surface area contributed by atoms with E-state index in [0.29, 0.717) is 5.82 Å². The van der Waals surface area contributed by atoms with E-state index in [1.807, 2.05) is 19.1 Å². The quantitative estimate of drug-likeness (QED) is 0.849. The number of hydrogen-bond acceptors (Lipinski definition) is 2. The average molecular weight is 221 g/mol. The van der Waals surface area contributed by atoms with Crippen molar-refractivity contribution < 1.29 is 4.79 Å². The van der Waals surface area contributed by atoms with Crippen molar-refractivity contribution in [2.45, 2.75) is 26.7 Å². The van der Waals surface area contributed by atoms with Crippen molar-refractivity contribution in [1.82, 2.24) is 9.88 Å². The van der Waals surface area contributed by atoms with Crippen LogP contribution in [-0.2, 0) is 0 Å². The summed E-state index contributed by atoms with van der Waals surface area (Å²) in [5.74, 6) is 0.605. The predicted octanol–water partition coefficient (Wildman–Crippen LogP) is 2.65. The van der Waals surface area contributed by atoms with Gasteiger partial charge in [-0.3, -0.25) is 5.32 Å². The molecule has 1 heterocycles. The van der Waals surface area contributed by atoms with Gasteiger partial charge < -0.3 is 4.90 Å². The predicted molar refractivity (Wildman–Crippen MR) is 65.5 cm³/mol. The zero-order valence-electron chi connectivity index (χ0n) is 10.2. The van der Waals surface area contributed by atoms with E-state index in [1.54, 1.807) is 18.1 Å². The minimum Gasteiger partial charge on any atom is -0.328 e. The highest BCUT2D eigenvalue weighted by Gasteiger charge is 2.08. The molecule has 4 heteroatoms. The Bertz CT molecular complexity index is 352. The van der Waals surface area contributed by atoms with Gasteiger partial charge in [0.2, 0.25) is 0 Å². The number of anilines is 1. The van der Waals surface area contributed by atoms with Crippen molar-refractivity contribution in [2.24, 2.45) is 0 Å². The average Bonchev–Trinajstić information content (AvgIpc) is 2.25. The standard InChI is InChI=1S/C12H19N3O/c1-4-5-8-15(3)12(16)14-11-9-10(2)6-7-13-11/h6-7,9H,4-5,8H2,1-3H3,(H,13,14,16). The smallest absolute Gasteiger partial charge is 0.322 e. The normalized spacial score (nSPS) is 9.94. The van der Waals surface area contributed by atoms with E-state index in [2.05, 4.69) is 17.2 Å². The fourth-order valence-corrected chi connectivity index (χ4v) is 1.31. The summed E-state index contributed by atoms with van der Waals surface area (Å²) < 4.78 is 0. The first-order chi connectivity index (χ1) is 7.63. The lowest BCUT2D eigenvalue weighted by Crippen LogP contribution is -2.32. The Morgan fingerprint density at radius 3 is 2.94 bits per heavy atom. The van der Waals surface area contributed by atoms with Gasteiger partial charge in [0.15, 0.2) is 0 Å². The Morgan fingerprint density at radius 2 is 2.31 bits per heavy atom. The van der Waals surface area contributed by atoms with E-state index in [1.165, 1.54) is 0 Å². The van der Waals surface area contributed by atoms with Gasteiger partial charge in [-0.15, -0.1) is 0 Å². The SMILES string of the molecule is CCCCN(C)C(=O)Nc1cc(C)ccn1. The maximum atomic E-state index is 11.7. The Balaban J connectivity index is 2.50. The lowest BCUT2D eigenvalue weighted by atomic mass is 10.3. The van der Waals surface area contributed by atoms with E-state index in [9.17, 15) is 4.79 Å². The summed E-state index contributed by atoms with van der Waals surface area (Å²) in [6.45, 7) is 4.85. The third-order valence-electron chi connectivity index (χ3n) is 2.34. The van der Waals surface area contributed by atoms with Crippen molar-refractivity contribution in [3.63, 3.8) is 0 Å². The molecule has 88 valence electrons. The number of urea groups is 1. The molecule has 4 nitrogen and oxygen atoms in total. The molecule has 2 amide bonds. The van der Waals surface area contributed by atoms with Crippen molar-refractivity contribution >= 4 is 11.8 Å². The topological polar surface area (TPSA) is 45.2 Å². The molecular weight excluding hydrogens is 202 g/mol. The highest BCUT2D eigenvalue weighted by atomic mass is 16.2. The van der Waals surface area contributed by atoms with Crippen LogP contribution in [0.5, 0.6) is 0 Å². The van der Waals surface area contributed by atoms with Crippen LogP contribution in [0.4, 0.5) is 10.6 Å². The van der Waals surface area contributed by atoms with E-state index in [4.69, 9.17) is 0 Å². The van der Waals surface area contributed by atoms with Crippen LogP contribution in [0, 0.1) is 6.92 Å². The monoisotopic (exact) mass is 221 g/mol. The van der Waals surface area contributed by atoms with E-state index >= 15 is 0 Å². The third kappa shape index (κ3) is 3.88. The molecule has 0 aromatic carbocycles. The minimum absolute atomic E-state index is 0.105. The molecule has 0 aliphatic carbocycles. The van der Waals surface area contributed by atoms with Crippen molar-refractivity contribution in [3.05, 3.63) is 23.9 Å². The molecule has 1 aromatic heterocycles. The number of aryl methyl sites for hydroxylation is 1. The Hall–Kier alpha value is -1.58. The number of nitrogens with one attached hydrogen (secondary N) is 1. The van der Waals surface area contributed by atoms with Crippen LogP contribution < -0.4 is 5.32 Å². The van der Waals surface area contributed by atoms with Gasteiger partial charge in [0.1, 0.15) is 5.82 Å². The fraction of sp³-hybridized carbons (Fsp3) is 0.500. The van der Waals surface area contributed by atoms with Gasteiger partial charge in [-0.25, -0.2) is 9.78 Å². The largest absolute Gasteiger partial charge is 0.328 e. The number of rotatable bonds is 4. The van der Waals surface area contributed by atoms with Crippen LogP contribution in [0.25, 0.3) is 0 Å². The molecule has 0 radical (unpaired) electrons. The maximum absolute atomic E-state index is 11.7. The van der Waals surface area contributed by atoms with Crippen LogP contribution in [-0.4, -0.2) is 29.5 Å². The second-order valence-electron chi connectivity index (χ2n) is 3.92. The van der Waals surface area contributed by atoms with Crippen molar-refractivity contribution in [3.8, 4) is 0 Å². The molecule has 0 aliphatic rings. The zero-order chi connectivity index (χ0) is 12.0. The third-order valence-corrected chi connectivity index (χ3v) is 2.34. The second-order valence-corrected chi connectivity index (χ2v) is 3.92. The number of pyridine rings is 1. The zero-order valence-corrected chi connectivity index (χ0v) is 10.2. The molecule has 16 heavy (non-hydrogen) atoms. The number of carbonyl (C=O) groups excluding carboxylic acids is 1. The summed E-state index contributed by atoms with van der Waals surface area (Å²) in [4.78, 5) is 17.5. The minimum atomic E-state index is -0.105. The van der Waals surface area contributed by atoms with Crippen LogP contribution in [0.15, 0.2) is 18.3 Å². The summed E-state index contributed by atoms with van der Waals surface area (Å²) in [6.07, 6.45) is 3.79. The maximum Gasteiger partial charge on any atom is 0.322 e. The second kappa shape index (κ2) is 6.10. The summed E-state index contributed by atoms with van der Waals surface area (Å²) in [6, 6.07) is 3.65. The number of amides is 2. The highest BCUT2D eigenvalue weighted by Crippen LogP contribution is 2.06. The molecule has 0 unspecified atom stereocenters. The van der Waals surface area contributed by atoms with Gasteiger partial charge in [-0.1, -0.05) is 13.3 Å². The highest BCUT2D eigenvalue weighted by molar-refractivity contribution is 5.88. The number of nitrogens with zero attached hydrogens (tertiary/aromatic N) is 2. The van der Waals surface area contributed by atoms with Crippen molar-refractivity contribution in [1.29, 1.82) is 0 Å². The lowest BCUT2D eigenvalue weighted by Gasteiger charge is -2.17. The van der Waals surface area contributed by atoms with Gasteiger partial charge in [0, 0.05) is 19.8 Å². The Kier molecular flexibility index (Phi) is 4.76. The van der Waals surface area contributed by atoms with Crippen LogP contribution in [0.1, 0.15) is 25.3 Å². The molecular formula is C12H19N3O. The molecule has 0 aliphatic heterocycles. The Morgan fingerprint density at radius 1 is 1.56 bits per heavy atom. The molecule has 0 spiro atoms. The van der Waals surface area contributed by atoms with Gasteiger partial charge in [-0.05, 0) is 31.0 Å². The van der Waals surface area contributed by atoms with Gasteiger partial charge in [0.25, 0.3) is 0 Å². The van der Waals surface area contributed by atoms with Gasteiger partial charge in [0.05, 0.1) is 0 Å². The van der Waals surface area contributed by atoms with E-state index in [-0.39, 0.29) is 6.03 Å². The molecule has 0 atom stereocenters. The molecule has 0 saturated carbocycles. The first kappa shape index (κ1) is 12.5. The van der Waals surface area contributed by atoms with Crippen molar-refractivity contribution in [2.75, 3.05) is 18.9 Å². The molecule has 1 aromatic rings. The number of aromatic nitrogens is 1. The van der Waals surface area contributed by atoms with Crippen LogP contribution >= 0.6 is 0 Å². The molecule has 1 rings (SSSR count). The molecule has 0 bridgehead atoms. The lowest BCUT2D eigenvalue weighted by molar-refractivity contribution is 0.222. The number of carbonyl (C=O) groups is 1. The molecule has 1 N–H and O–H groups in total. The summed E-state index contributed by atoms with van der Waals surface area (Å²) in [5.41, 5.74) is 1.08. The first-order valence-corrected chi connectivity index (χ1v) is 5.58. The number of hydrogen-bond donors (Lipinski definition) is 1. The summed E-state index contributed by atoms with van der Waals surface area (Å²) in [7, 11) is 1.79. The van der Waals surface area contributed by atoms with E-state index in [0.717, 1.165) is 24.9 Å². The van der Waals surface area contributed by atoms with Gasteiger partial charge in [-0.2, -0.15) is 0 Å². The Labute approximate surface area is 96.7 Å². The number of unbranched alkanes of at least 4 members (excludes halogenated alkanes) is 1. The summed E-state index contributed by atoms with van der Waals surface area (Å²) >= 11 is 0. The fourth-order valence-electron chi connectivity index (χ4n) is 1.31. The van der Waals surface area contributed by atoms with Crippen LogP contribution in [0.3, 0.4) is 0 Å². The first-order valence-electron chi connectivity index (χ1n) is 5.58. The van der Waals surface area contributed by atoms with Gasteiger partial charge >= 0.3 is 6.03 Å². The van der Waals surface area contributed by atoms with E-state index < -0.39 is 0 Å². The van der Waals surface area contributed by atoms with Crippen LogP contribution in [0.2, 0.25) is 0 Å². The molecule has 0 saturated heterocycles.